The quantitative estimate of drug-likeness (QED) is 0.0688. The topological polar surface area (TPSA) is 288 Å². The van der Waals surface area contributed by atoms with Gasteiger partial charge in [0.2, 0.25) is 5.75 Å². The van der Waals surface area contributed by atoms with Gasteiger partial charge in [0.05, 0.1) is 41.1 Å². The molecule has 49 heavy (non-hydrogen) atoms. The van der Waals surface area contributed by atoms with Crippen LogP contribution in [0.25, 0.3) is 12.2 Å². The van der Waals surface area contributed by atoms with Crippen molar-refractivity contribution in [3.63, 3.8) is 0 Å². The number of benzene rings is 2. The molecule has 4 rings (SSSR count). The third-order valence-corrected chi connectivity index (χ3v) is 6.62. The average molecular weight is 707 g/mol. The number of nitrogens with one attached hydrogen (secondary N) is 2. The number of aromatic amines is 2. The number of H-pyrrole nitrogens is 2. The molecule has 0 fully saturated rings. The van der Waals surface area contributed by atoms with Gasteiger partial charge in [-0.1, -0.05) is 18.2 Å². The zero-order valence-corrected chi connectivity index (χ0v) is 27.9. The smallest absolute Gasteiger partial charge is 0.493 e. The van der Waals surface area contributed by atoms with Gasteiger partial charge in [-0.3, -0.25) is 19.4 Å². The Balaban J connectivity index is 0.000000309. The van der Waals surface area contributed by atoms with Gasteiger partial charge in [-0.05, 0) is 35.4 Å². The molecule has 4 aromatic rings. The van der Waals surface area contributed by atoms with Crippen molar-refractivity contribution in [2.75, 3.05) is 28.4 Å². The third-order valence-electron chi connectivity index (χ3n) is 6.18. The van der Waals surface area contributed by atoms with Crippen LogP contribution in [0.3, 0.4) is 0 Å². The molecule has 266 valence electrons. The maximum absolute atomic E-state index is 11.1. The first-order chi connectivity index (χ1) is 23.2. The number of carbonyl (C=O) groups is 2. The summed E-state index contributed by atoms with van der Waals surface area (Å²) >= 11 is 0. The summed E-state index contributed by atoms with van der Waals surface area (Å²) in [5.74, 6) is -0.340. The van der Waals surface area contributed by atoms with E-state index in [4.69, 9.17) is 50.4 Å². The van der Waals surface area contributed by atoms with Crippen molar-refractivity contribution in [3.8, 4) is 28.7 Å². The van der Waals surface area contributed by atoms with Gasteiger partial charge in [0.25, 0.3) is 0 Å². The van der Waals surface area contributed by atoms with Crippen LogP contribution in [0.4, 0.5) is 0 Å². The second kappa shape index (κ2) is 19.4. The number of nitrogens with two attached hydrogens (primary N) is 2. The number of nitrogens with zero attached hydrogens (tertiary/aromatic N) is 2. The first-order valence-corrected chi connectivity index (χ1v) is 15.6. The first-order valence-electron chi connectivity index (χ1n) is 14.0. The standard InChI is InChI=1S/C18H21O8P.2C6H9N3O2/c1-22-14-8-7-12(9-15(14)26-27(19,20)21)5-6-13-10-16(23-2)18(25-4)17(11-13)24-3;2*7-5(6(10)11)1-4-2-8-3-9-4/h5-11H,1-4H3,(H2,19,20,21);2*2-3,5H,1,7H2,(H,8,9)(H,10,11)/b6-5-;;. The fraction of sp³-hybridized carbons (Fsp3) is 0.267. The molecule has 0 aliphatic rings. The molecule has 0 saturated carbocycles. The number of imidazole rings is 2. The lowest BCUT2D eigenvalue weighted by Gasteiger charge is -2.13. The van der Waals surface area contributed by atoms with Gasteiger partial charge in [-0.25, -0.2) is 14.5 Å². The monoisotopic (exact) mass is 706 g/mol. The zero-order chi connectivity index (χ0) is 36.6. The molecule has 2 heterocycles. The predicted octanol–water partition coefficient (Wildman–Crippen LogP) is 2.09. The van der Waals surface area contributed by atoms with Crippen molar-refractivity contribution in [3.05, 3.63) is 77.9 Å². The molecule has 0 radical (unpaired) electrons. The highest BCUT2D eigenvalue weighted by atomic mass is 31.2. The summed E-state index contributed by atoms with van der Waals surface area (Å²) in [4.78, 5) is 51.6. The second-order valence-corrected chi connectivity index (χ2v) is 10.9. The van der Waals surface area contributed by atoms with Gasteiger partial charge in [0, 0.05) is 36.6 Å². The van der Waals surface area contributed by atoms with E-state index in [1.54, 1.807) is 48.8 Å². The van der Waals surface area contributed by atoms with Crippen LogP contribution >= 0.6 is 7.82 Å². The Bertz CT molecular complexity index is 1620. The number of aromatic nitrogens is 4. The van der Waals surface area contributed by atoms with Gasteiger partial charge in [0.15, 0.2) is 23.0 Å². The van der Waals surface area contributed by atoms with E-state index in [2.05, 4.69) is 24.5 Å². The number of phosphoric acid groups is 1. The number of methoxy groups -OCH3 is 4. The molecule has 2 aromatic heterocycles. The maximum atomic E-state index is 11.1. The molecule has 0 aliphatic heterocycles. The maximum Gasteiger partial charge on any atom is 0.524 e. The lowest BCUT2D eigenvalue weighted by molar-refractivity contribution is -0.139. The molecule has 19 heteroatoms. The van der Waals surface area contributed by atoms with Crippen LogP contribution in [0, 0.1) is 0 Å². The highest BCUT2D eigenvalue weighted by Gasteiger charge is 2.19. The molecular weight excluding hydrogens is 667 g/mol. The number of aliphatic carboxylic acids is 2. The average Bonchev–Trinajstić information content (AvgIpc) is 3.78. The van der Waals surface area contributed by atoms with Crippen LogP contribution in [0.5, 0.6) is 28.7 Å². The molecule has 2 aromatic carbocycles. The Kier molecular flexibility index (Phi) is 15.8. The molecule has 0 aliphatic carbocycles. The highest BCUT2D eigenvalue weighted by Crippen LogP contribution is 2.42. The SMILES string of the molecule is COc1ccc(/C=C\c2cc(OC)c(OC)c(OC)c2)cc1OP(=O)(O)O.NC(Cc1cnc[nH]1)C(=O)O.NC(Cc1cnc[nH]1)C(=O)O. The van der Waals surface area contributed by atoms with Crippen LogP contribution in [0.2, 0.25) is 0 Å². The van der Waals surface area contributed by atoms with Crippen LogP contribution in [-0.4, -0.2) is 92.4 Å². The van der Waals surface area contributed by atoms with Gasteiger partial charge in [0.1, 0.15) is 12.1 Å². The van der Waals surface area contributed by atoms with Crippen molar-refractivity contribution < 1.29 is 57.6 Å². The number of hydrogen-bond acceptors (Lipinski definition) is 12. The molecule has 0 bridgehead atoms. The van der Waals surface area contributed by atoms with E-state index < -0.39 is 31.8 Å². The number of ether oxygens (including phenoxy) is 4. The lowest BCUT2D eigenvalue weighted by atomic mass is 10.1. The summed E-state index contributed by atoms with van der Waals surface area (Å²) in [6.07, 6.45) is 10.2. The Morgan fingerprint density at radius 2 is 1.20 bits per heavy atom. The van der Waals surface area contributed by atoms with E-state index >= 15 is 0 Å². The summed E-state index contributed by atoms with van der Waals surface area (Å²) in [5.41, 5.74) is 13.4. The lowest BCUT2D eigenvalue weighted by Crippen LogP contribution is -2.32. The molecule has 2 atom stereocenters. The van der Waals surface area contributed by atoms with Gasteiger partial charge in [-0.2, -0.15) is 0 Å². The van der Waals surface area contributed by atoms with E-state index in [0.717, 1.165) is 17.0 Å². The van der Waals surface area contributed by atoms with Gasteiger partial charge in [-0.15, -0.1) is 0 Å². The summed E-state index contributed by atoms with van der Waals surface area (Å²) < 4.78 is 36.8. The molecule has 0 spiro atoms. The molecule has 0 amide bonds. The molecule has 2 unspecified atom stereocenters. The van der Waals surface area contributed by atoms with Crippen LogP contribution in [0.15, 0.2) is 55.4 Å². The predicted molar refractivity (Wildman–Crippen MR) is 176 cm³/mol. The summed E-state index contributed by atoms with van der Waals surface area (Å²) in [7, 11) is 1.26. The second-order valence-electron chi connectivity index (χ2n) is 9.74. The van der Waals surface area contributed by atoms with Crippen LogP contribution < -0.4 is 34.9 Å². The van der Waals surface area contributed by atoms with Crippen molar-refractivity contribution in [1.29, 1.82) is 0 Å². The van der Waals surface area contributed by atoms with E-state index in [0.29, 0.717) is 22.8 Å². The minimum Gasteiger partial charge on any atom is -0.493 e. The van der Waals surface area contributed by atoms with E-state index in [9.17, 15) is 14.2 Å². The number of carboxylic acid groups (broad SMARTS) is 2. The Hall–Kier alpha value is -5.39. The largest absolute Gasteiger partial charge is 0.524 e. The molecule has 0 saturated heterocycles. The van der Waals surface area contributed by atoms with Crippen molar-refractivity contribution in [2.45, 2.75) is 24.9 Å². The van der Waals surface area contributed by atoms with Crippen molar-refractivity contribution >= 4 is 31.9 Å². The minimum atomic E-state index is -4.71. The fourth-order valence-electron chi connectivity index (χ4n) is 3.83. The number of carboxylic acids is 2. The number of rotatable bonds is 14. The number of hydrogen-bond donors (Lipinski definition) is 8. The normalized spacial score (nSPS) is 12.0. The Morgan fingerprint density at radius 3 is 1.57 bits per heavy atom. The van der Waals surface area contributed by atoms with Gasteiger partial charge >= 0.3 is 19.8 Å². The molecular formula is C30H39N6O12P. The van der Waals surface area contributed by atoms with E-state index in [-0.39, 0.29) is 24.3 Å². The van der Waals surface area contributed by atoms with Crippen molar-refractivity contribution in [2.24, 2.45) is 11.5 Å². The van der Waals surface area contributed by atoms with E-state index in [1.165, 1.54) is 47.2 Å². The summed E-state index contributed by atoms with van der Waals surface area (Å²) in [6.45, 7) is 0. The minimum absolute atomic E-state index is 0.0575. The van der Waals surface area contributed by atoms with E-state index in [1.807, 2.05) is 0 Å². The van der Waals surface area contributed by atoms with Crippen molar-refractivity contribution in [1.82, 2.24) is 19.9 Å². The summed E-state index contributed by atoms with van der Waals surface area (Å²) in [5, 5.41) is 16.8. The van der Waals surface area contributed by atoms with Crippen LogP contribution in [-0.2, 0) is 27.0 Å². The Morgan fingerprint density at radius 1 is 0.755 bits per heavy atom. The molecule has 10 N–H and O–H groups in total. The Labute approximate surface area is 280 Å². The first kappa shape index (κ1) is 39.8. The zero-order valence-electron chi connectivity index (χ0n) is 27.0. The molecule has 18 nitrogen and oxygen atoms in total. The highest BCUT2D eigenvalue weighted by molar-refractivity contribution is 7.46. The van der Waals surface area contributed by atoms with Crippen LogP contribution in [0.1, 0.15) is 22.5 Å². The fourth-order valence-corrected chi connectivity index (χ4v) is 4.23. The van der Waals surface area contributed by atoms with Gasteiger partial charge < -0.3 is 55.1 Å². The third kappa shape index (κ3) is 13.7. The summed E-state index contributed by atoms with van der Waals surface area (Å²) in [6, 6.07) is 6.58. The number of phosphoric ester groups is 1.